The third-order valence-corrected chi connectivity index (χ3v) is 2.07. The van der Waals surface area contributed by atoms with Crippen LogP contribution in [0.5, 0.6) is 0 Å². The summed E-state index contributed by atoms with van der Waals surface area (Å²) in [5.74, 6) is -0.896. The van der Waals surface area contributed by atoms with Gasteiger partial charge in [-0.15, -0.1) is 36.2 Å². The SMILES string of the molecule is Cl.Cl.NC(CC(=O)O)c1nccs1. The molecule has 0 aliphatic rings. The van der Waals surface area contributed by atoms with Crippen molar-refractivity contribution in [2.75, 3.05) is 0 Å². The lowest BCUT2D eigenvalue weighted by atomic mass is 10.2. The number of rotatable bonds is 3. The Labute approximate surface area is 92.0 Å². The quantitative estimate of drug-likeness (QED) is 0.845. The van der Waals surface area contributed by atoms with Crippen molar-refractivity contribution in [1.29, 1.82) is 0 Å². The normalized spacial score (nSPS) is 10.8. The van der Waals surface area contributed by atoms with Gasteiger partial charge in [0.15, 0.2) is 0 Å². The molecule has 0 saturated carbocycles. The number of carbonyl (C=O) groups is 1. The van der Waals surface area contributed by atoms with E-state index < -0.39 is 12.0 Å². The van der Waals surface area contributed by atoms with Crippen molar-refractivity contribution >= 4 is 42.1 Å². The van der Waals surface area contributed by atoms with Gasteiger partial charge in [0.1, 0.15) is 5.01 Å². The van der Waals surface area contributed by atoms with Crippen LogP contribution >= 0.6 is 36.2 Å². The Kier molecular flexibility index (Phi) is 8.24. The highest BCUT2D eigenvalue weighted by Gasteiger charge is 2.11. The molecular formula is C6H10Cl2N2O2S. The molecule has 0 aliphatic heterocycles. The molecule has 0 radical (unpaired) electrons. The summed E-state index contributed by atoms with van der Waals surface area (Å²) in [7, 11) is 0. The average Bonchev–Trinajstić information content (AvgIpc) is 2.35. The molecule has 3 N–H and O–H groups in total. The van der Waals surface area contributed by atoms with E-state index in [2.05, 4.69) is 4.98 Å². The maximum absolute atomic E-state index is 10.2. The lowest BCUT2D eigenvalue weighted by Gasteiger charge is -2.02. The fraction of sp³-hybridized carbons (Fsp3) is 0.333. The summed E-state index contributed by atoms with van der Waals surface area (Å²) in [5, 5.41) is 10.8. The molecule has 1 unspecified atom stereocenters. The largest absolute Gasteiger partial charge is 0.481 e. The molecule has 1 rings (SSSR count). The molecular weight excluding hydrogens is 235 g/mol. The van der Waals surface area contributed by atoms with Gasteiger partial charge in [0.25, 0.3) is 0 Å². The van der Waals surface area contributed by atoms with Crippen LogP contribution in [0.15, 0.2) is 11.6 Å². The zero-order chi connectivity index (χ0) is 8.27. The van der Waals surface area contributed by atoms with Crippen molar-refractivity contribution in [2.24, 2.45) is 5.73 Å². The monoisotopic (exact) mass is 244 g/mol. The lowest BCUT2D eigenvalue weighted by molar-refractivity contribution is -0.137. The first-order valence-corrected chi connectivity index (χ1v) is 3.95. The number of nitrogens with zero attached hydrogens (tertiary/aromatic N) is 1. The van der Waals surface area contributed by atoms with Crippen molar-refractivity contribution in [3.05, 3.63) is 16.6 Å². The van der Waals surface area contributed by atoms with Gasteiger partial charge in [-0.05, 0) is 0 Å². The van der Waals surface area contributed by atoms with Crippen molar-refractivity contribution in [3.63, 3.8) is 0 Å². The molecule has 1 heterocycles. The highest BCUT2D eigenvalue weighted by Crippen LogP contribution is 2.15. The molecule has 4 nitrogen and oxygen atoms in total. The standard InChI is InChI=1S/C6H8N2O2S.2ClH/c7-4(3-5(9)10)6-8-1-2-11-6;;/h1-2,4H,3,7H2,(H,9,10);2*1H. The smallest absolute Gasteiger partial charge is 0.305 e. The van der Waals surface area contributed by atoms with E-state index in [9.17, 15) is 4.79 Å². The number of aliphatic carboxylic acids is 1. The van der Waals surface area contributed by atoms with Crippen molar-refractivity contribution in [2.45, 2.75) is 12.5 Å². The molecule has 0 spiro atoms. The second-order valence-corrected chi connectivity index (χ2v) is 3.00. The van der Waals surface area contributed by atoms with Crippen LogP contribution < -0.4 is 5.73 Å². The Morgan fingerprint density at radius 2 is 2.31 bits per heavy atom. The minimum atomic E-state index is -0.896. The molecule has 0 amide bonds. The van der Waals surface area contributed by atoms with E-state index in [4.69, 9.17) is 10.8 Å². The Morgan fingerprint density at radius 1 is 1.69 bits per heavy atom. The molecule has 7 heteroatoms. The summed E-state index contributed by atoms with van der Waals surface area (Å²) in [5.41, 5.74) is 5.51. The molecule has 1 aromatic rings. The molecule has 0 aromatic carbocycles. The highest BCUT2D eigenvalue weighted by atomic mass is 35.5. The second-order valence-electron chi connectivity index (χ2n) is 2.07. The van der Waals surface area contributed by atoms with Gasteiger partial charge >= 0.3 is 5.97 Å². The lowest BCUT2D eigenvalue weighted by Crippen LogP contribution is -2.14. The summed E-state index contributed by atoms with van der Waals surface area (Å²) >= 11 is 1.37. The number of aromatic nitrogens is 1. The summed E-state index contributed by atoms with van der Waals surface area (Å²) in [6, 6.07) is -0.465. The van der Waals surface area contributed by atoms with E-state index >= 15 is 0 Å². The number of carboxylic acids is 1. The highest BCUT2D eigenvalue weighted by molar-refractivity contribution is 7.09. The Balaban J connectivity index is 0. The van der Waals surface area contributed by atoms with Gasteiger partial charge in [-0.1, -0.05) is 0 Å². The van der Waals surface area contributed by atoms with Crippen molar-refractivity contribution < 1.29 is 9.90 Å². The van der Waals surface area contributed by atoms with E-state index in [1.165, 1.54) is 11.3 Å². The van der Waals surface area contributed by atoms with Gasteiger partial charge in [-0.2, -0.15) is 0 Å². The van der Waals surface area contributed by atoms with Crippen LogP contribution in [0.1, 0.15) is 17.5 Å². The third kappa shape index (κ3) is 5.05. The van der Waals surface area contributed by atoms with E-state index in [-0.39, 0.29) is 31.2 Å². The number of carboxylic acid groups (broad SMARTS) is 1. The molecule has 0 fully saturated rings. The van der Waals surface area contributed by atoms with Gasteiger partial charge < -0.3 is 10.8 Å². The topological polar surface area (TPSA) is 76.2 Å². The summed E-state index contributed by atoms with van der Waals surface area (Å²) in [6.45, 7) is 0. The minimum Gasteiger partial charge on any atom is -0.481 e. The summed E-state index contributed by atoms with van der Waals surface area (Å²) < 4.78 is 0. The van der Waals surface area contributed by atoms with E-state index in [1.807, 2.05) is 0 Å². The third-order valence-electron chi connectivity index (χ3n) is 1.16. The molecule has 76 valence electrons. The fourth-order valence-electron chi connectivity index (χ4n) is 0.693. The maximum atomic E-state index is 10.2. The maximum Gasteiger partial charge on any atom is 0.305 e. The van der Waals surface area contributed by atoms with Crippen molar-refractivity contribution in [3.8, 4) is 0 Å². The zero-order valence-corrected chi connectivity index (χ0v) is 8.99. The number of hydrogen-bond donors (Lipinski definition) is 2. The van der Waals surface area contributed by atoms with E-state index in [0.29, 0.717) is 5.01 Å². The molecule has 1 atom stereocenters. The first-order chi connectivity index (χ1) is 5.20. The van der Waals surface area contributed by atoms with Crippen molar-refractivity contribution in [1.82, 2.24) is 4.98 Å². The predicted molar refractivity (Wildman–Crippen MR) is 55.8 cm³/mol. The van der Waals surface area contributed by atoms with Crippen LogP contribution in [0.3, 0.4) is 0 Å². The van der Waals surface area contributed by atoms with Gasteiger partial charge in [0, 0.05) is 11.6 Å². The van der Waals surface area contributed by atoms with Crippen LogP contribution in [0.4, 0.5) is 0 Å². The summed E-state index contributed by atoms with van der Waals surface area (Å²) in [4.78, 5) is 14.1. The number of hydrogen-bond acceptors (Lipinski definition) is 4. The van der Waals surface area contributed by atoms with Gasteiger partial charge in [-0.25, -0.2) is 4.98 Å². The zero-order valence-electron chi connectivity index (χ0n) is 6.54. The Morgan fingerprint density at radius 3 is 2.69 bits per heavy atom. The van der Waals surface area contributed by atoms with Crippen LogP contribution in [-0.2, 0) is 4.79 Å². The average molecular weight is 245 g/mol. The van der Waals surface area contributed by atoms with E-state index in [1.54, 1.807) is 11.6 Å². The van der Waals surface area contributed by atoms with Gasteiger partial charge in [0.2, 0.25) is 0 Å². The second kappa shape index (κ2) is 7.08. The van der Waals surface area contributed by atoms with Gasteiger partial charge in [-0.3, -0.25) is 4.79 Å². The number of thiazole rings is 1. The molecule has 0 bridgehead atoms. The van der Waals surface area contributed by atoms with Crippen LogP contribution in [0.2, 0.25) is 0 Å². The molecule has 0 saturated heterocycles. The first-order valence-electron chi connectivity index (χ1n) is 3.07. The van der Waals surface area contributed by atoms with Crippen LogP contribution in [0.25, 0.3) is 0 Å². The summed E-state index contributed by atoms with van der Waals surface area (Å²) in [6.07, 6.45) is 1.55. The Bertz CT molecular complexity index is 243. The van der Waals surface area contributed by atoms with Crippen LogP contribution in [0, 0.1) is 0 Å². The van der Waals surface area contributed by atoms with Crippen LogP contribution in [-0.4, -0.2) is 16.1 Å². The first kappa shape index (κ1) is 15.1. The number of nitrogens with two attached hydrogens (primary N) is 1. The van der Waals surface area contributed by atoms with Gasteiger partial charge in [0.05, 0.1) is 12.5 Å². The van der Waals surface area contributed by atoms with E-state index in [0.717, 1.165) is 0 Å². The Hall–Kier alpha value is -0.360. The minimum absolute atomic E-state index is 0. The fourth-order valence-corrected chi connectivity index (χ4v) is 1.33. The molecule has 0 aliphatic carbocycles. The molecule has 1 aromatic heterocycles. The predicted octanol–water partition coefficient (Wildman–Crippen LogP) is 1.46. The molecule has 13 heavy (non-hydrogen) atoms. The number of halogens is 2.